The molecule has 2 saturated carbocycles. The number of piperidine rings is 1. The molecular formula is C17H32N2. The van der Waals surface area contributed by atoms with E-state index in [1.54, 1.807) is 0 Å². The number of rotatable bonds is 3. The van der Waals surface area contributed by atoms with Gasteiger partial charge in [0.25, 0.3) is 0 Å². The van der Waals surface area contributed by atoms with Gasteiger partial charge in [0.15, 0.2) is 0 Å². The van der Waals surface area contributed by atoms with E-state index < -0.39 is 0 Å². The van der Waals surface area contributed by atoms with Crippen LogP contribution in [0.25, 0.3) is 0 Å². The summed E-state index contributed by atoms with van der Waals surface area (Å²) in [5.41, 5.74) is 0. The topological polar surface area (TPSA) is 24.1 Å². The normalized spacial score (nSPS) is 44.4. The highest BCUT2D eigenvalue weighted by Crippen LogP contribution is 2.34. The molecule has 2 aliphatic carbocycles. The fourth-order valence-corrected chi connectivity index (χ4v) is 4.76. The summed E-state index contributed by atoms with van der Waals surface area (Å²) in [6.45, 7) is 3.72. The van der Waals surface area contributed by atoms with Crippen LogP contribution in [0.1, 0.15) is 71.1 Å². The van der Waals surface area contributed by atoms with Crippen molar-refractivity contribution in [2.75, 3.05) is 6.54 Å². The summed E-state index contributed by atoms with van der Waals surface area (Å²) in [4.78, 5) is 0. The fourth-order valence-electron chi connectivity index (χ4n) is 4.76. The number of hydrogen-bond donors (Lipinski definition) is 2. The van der Waals surface area contributed by atoms with Crippen molar-refractivity contribution in [3.05, 3.63) is 0 Å². The summed E-state index contributed by atoms with van der Waals surface area (Å²) >= 11 is 0. The second kappa shape index (κ2) is 6.58. The van der Waals surface area contributed by atoms with Crippen molar-refractivity contribution in [3.63, 3.8) is 0 Å². The molecule has 5 atom stereocenters. The summed E-state index contributed by atoms with van der Waals surface area (Å²) in [5.74, 6) is 1.81. The highest BCUT2D eigenvalue weighted by molar-refractivity contribution is 4.94. The summed E-state index contributed by atoms with van der Waals surface area (Å²) in [6.07, 6.45) is 14.3. The van der Waals surface area contributed by atoms with Crippen LogP contribution in [-0.4, -0.2) is 24.7 Å². The van der Waals surface area contributed by atoms with E-state index in [2.05, 4.69) is 17.6 Å². The van der Waals surface area contributed by atoms with Crippen LogP contribution in [0.5, 0.6) is 0 Å². The lowest BCUT2D eigenvalue weighted by Gasteiger charge is -2.37. The van der Waals surface area contributed by atoms with Crippen molar-refractivity contribution in [3.8, 4) is 0 Å². The molecule has 2 N–H and O–H groups in total. The van der Waals surface area contributed by atoms with Crippen molar-refractivity contribution in [2.45, 2.75) is 89.3 Å². The Labute approximate surface area is 119 Å². The Morgan fingerprint density at radius 3 is 2.37 bits per heavy atom. The Balaban J connectivity index is 1.56. The molecule has 0 aromatic carbocycles. The standard InChI is InChI=1S/C17H32N2/c1-13-7-2-3-9-15(13)19-17-11-6-8-14(17)16-10-4-5-12-18-16/h13-19H,2-12H2,1H3. The van der Waals surface area contributed by atoms with Gasteiger partial charge < -0.3 is 10.6 Å². The maximum atomic E-state index is 4.07. The lowest BCUT2D eigenvalue weighted by Crippen LogP contribution is -2.51. The monoisotopic (exact) mass is 264 g/mol. The smallest absolute Gasteiger partial charge is 0.0113 e. The highest BCUT2D eigenvalue weighted by atomic mass is 15.0. The zero-order valence-corrected chi connectivity index (χ0v) is 12.7. The summed E-state index contributed by atoms with van der Waals surface area (Å²) < 4.78 is 0. The quantitative estimate of drug-likeness (QED) is 0.815. The van der Waals surface area contributed by atoms with Gasteiger partial charge in [-0.2, -0.15) is 0 Å². The fraction of sp³-hybridized carbons (Fsp3) is 1.00. The van der Waals surface area contributed by atoms with Crippen LogP contribution in [0.3, 0.4) is 0 Å². The Morgan fingerprint density at radius 2 is 1.58 bits per heavy atom. The summed E-state index contributed by atoms with van der Waals surface area (Å²) in [6, 6.07) is 2.43. The second-order valence-electron chi connectivity index (χ2n) is 7.29. The van der Waals surface area contributed by atoms with Gasteiger partial charge in [0.05, 0.1) is 0 Å². The average molecular weight is 264 g/mol. The predicted octanol–water partition coefficient (Wildman–Crippen LogP) is 3.47. The minimum Gasteiger partial charge on any atom is -0.314 e. The van der Waals surface area contributed by atoms with Gasteiger partial charge in [-0.3, -0.25) is 0 Å². The molecule has 0 bridgehead atoms. The molecule has 1 heterocycles. The molecule has 0 aromatic rings. The third kappa shape index (κ3) is 3.33. The van der Waals surface area contributed by atoms with E-state index in [-0.39, 0.29) is 0 Å². The maximum absolute atomic E-state index is 4.07. The van der Waals surface area contributed by atoms with E-state index in [0.717, 1.165) is 30.0 Å². The van der Waals surface area contributed by atoms with E-state index in [4.69, 9.17) is 0 Å². The van der Waals surface area contributed by atoms with Crippen molar-refractivity contribution in [1.29, 1.82) is 0 Å². The Hall–Kier alpha value is -0.0800. The summed E-state index contributed by atoms with van der Waals surface area (Å²) in [5, 5.41) is 7.87. The molecule has 110 valence electrons. The van der Waals surface area contributed by atoms with Crippen LogP contribution < -0.4 is 10.6 Å². The molecule has 1 aliphatic heterocycles. The van der Waals surface area contributed by atoms with E-state index in [1.165, 1.54) is 70.8 Å². The minimum atomic E-state index is 0.807. The first-order valence-electron chi connectivity index (χ1n) is 8.84. The molecule has 3 aliphatic rings. The van der Waals surface area contributed by atoms with Crippen molar-refractivity contribution >= 4 is 0 Å². The Morgan fingerprint density at radius 1 is 0.789 bits per heavy atom. The lowest BCUT2D eigenvalue weighted by atomic mass is 9.83. The van der Waals surface area contributed by atoms with E-state index >= 15 is 0 Å². The molecule has 3 fully saturated rings. The van der Waals surface area contributed by atoms with E-state index in [1.807, 2.05) is 0 Å². The third-order valence-corrected chi connectivity index (χ3v) is 5.97. The SMILES string of the molecule is CC1CCCCC1NC1CCCC1C1CCCCN1. The van der Waals surface area contributed by atoms with Gasteiger partial charge in [0, 0.05) is 18.1 Å². The number of nitrogens with one attached hydrogen (secondary N) is 2. The Kier molecular flexibility index (Phi) is 4.81. The van der Waals surface area contributed by atoms with Crippen LogP contribution in [-0.2, 0) is 0 Å². The van der Waals surface area contributed by atoms with Gasteiger partial charge in [-0.25, -0.2) is 0 Å². The van der Waals surface area contributed by atoms with Gasteiger partial charge in [-0.05, 0) is 56.9 Å². The molecule has 1 saturated heterocycles. The molecule has 5 unspecified atom stereocenters. The summed E-state index contributed by atoms with van der Waals surface area (Å²) in [7, 11) is 0. The van der Waals surface area contributed by atoms with Crippen molar-refractivity contribution in [2.24, 2.45) is 11.8 Å². The molecule has 19 heavy (non-hydrogen) atoms. The molecule has 0 radical (unpaired) electrons. The zero-order valence-electron chi connectivity index (χ0n) is 12.7. The highest BCUT2D eigenvalue weighted by Gasteiger charge is 2.36. The largest absolute Gasteiger partial charge is 0.314 e. The van der Waals surface area contributed by atoms with Gasteiger partial charge in [0.2, 0.25) is 0 Å². The molecule has 3 rings (SSSR count). The second-order valence-corrected chi connectivity index (χ2v) is 7.29. The van der Waals surface area contributed by atoms with Crippen molar-refractivity contribution < 1.29 is 0 Å². The van der Waals surface area contributed by atoms with Crippen LogP contribution in [0, 0.1) is 11.8 Å². The molecule has 0 aromatic heterocycles. The molecule has 0 spiro atoms. The van der Waals surface area contributed by atoms with Crippen LogP contribution >= 0.6 is 0 Å². The lowest BCUT2D eigenvalue weighted by molar-refractivity contribution is 0.205. The first-order chi connectivity index (χ1) is 9.34. The molecule has 2 heteroatoms. The van der Waals surface area contributed by atoms with Crippen molar-refractivity contribution in [1.82, 2.24) is 10.6 Å². The minimum absolute atomic E-state index is 0.807. The van der Waals surface area contributed by atoms with E-state index in [0.29, 0.717) is 0 Å². The average Bonchev–Trinajstić information content (AvgIpc) is 2.91. The van der Waals surface area contributed by atoms with Gasteiger partial charge in [-0.15, -0.1) is 0 Å². The first kappa shape index (κ1) is 13.9. The van der Waals surface area contributed by atoms with Gasteiger partial charge in [-0.1, -0.05) is 32.6 Å². The Bertz CT molecular complexity index is 272. The zero-order chi connectivity index (χ0) is 13.1. The van der Waals surface area contributed by atoms with Crippen LogP contribution in [0.15, 0.2) is 0 Å². The number of hydrogen-bond acceptors (Lipinski definition) is 2. The van der Waals surface area contributed by atoms with Crippen LogP contribution in [0.2, 0.25) is 0 Å². The molecule has 2 nitrogen and oxygen atoms in total. The molecule has 0 amide bonds. The van der Waals surface area contributed by atoms with E-state index in [9.17, 15) is 0 Å². The van der Waals surface area contributed by atoms with Crippen LogP contribution in [0.4, 0.5) is 0 Å². The third-order valence-electron chi connectivity index (χ3n) is 5.97. The van der Waals surface area contributed by atoms with Gasteiger partial charge >= 0.3 is 0 Å². The first-order valence-corrected chi connectivity index (χ1v) is 8.84. The van der Waals surface area contributed by atoms with Gasteiger partial charge in [0.1, 0.15) is 0 Å². The maximum Gasteiger partial charge on any atom is 0.0113 e. The predicted molar refractivity (Wildman–Crippen MR) is 81.3 cm³/mol. The molecular weight excluding hydrogens is 232 g/mol.